The molecule has 1 fully saturated rings. The van der Waals surface area contributed by atoms with Crippen molar-refractivity contribution in [3.63, 3.8) is 0 Å². The minimum atomic E-state index is -0.748. The summed E-state index contributed by atoms with van der Waals surface area (Å²) in [6.45, 7) is 0.799. The van der Waals surface area contributed by atoms with Gasteiger partial charge in [-0.25, -0.2) is 0 Å². The van der Waals surface area contributed by atoms with Gasteiger partial charge in [0.2, 0.25) is 5.91 Å². The molecule has 1 heterocycles. The molecule has 92 valence electrons. The van der Waals surface area contributed by atoms with Crippen LogP contribution in [0.15, 0.2) is 30.3 Å². The Bertz CT molecular complexity index is 380. The van der Waals surface area contributed by atoms with Gasteiger partial charge in [-0.2, -0.15) is 0 Å². The molecule has 3 N–H and O–H groups in total. The first-order valence-electron chi connectivity index (χ1n) is 5.96. The largest absolute Gasteiger partial charge is 0.373 e. The third kappa shape index (κ3) is 2.48. The van der Waals surface area contributed by atoms with E-state index < -0.39 is 6.23 Å². The predicted molar refractivity (Wildman–Crippen MR) is 65.2 cm³/mol. The summed E-state index contributed by atoms with van der Waals surface area (Å²) in [5, 5.41) is 10.2. The van der Waals surface area contributed by atoms with E-state index in [4.69, 9.17) is 5.73 Å². The molecule has 1 aromatic carbocycles. The van der Waals surface area contributed by atoms with Crippen LogP contribution >= 0.6 is 0 Å². The van der Waals surface area contributed by atoms with E-state index in [2.05, 4.69) is 0 Å². The fourth-order valence-corrected chi connectivity index (χ4v) is 2.37. The molecule has 0 saturated carbocycles. The number of amides is 1. The molecule has 0 spiro atoms. The number of rotatable bonds is 3. The van der Waals surface area contributed by atoms with Crippen LogP contribution in [0, 0.1) is 0 Å². The van der Waals surface area contributed by atoms with Gasteiger partial charge in [0.25, 0.3) is 0 Å². The lowest BCUT2D eigenvalue weighted by Gasteiger charge is -2.38. The second-order valence-corrected chi connectivity index (χ2v) is 4.35. The van der Waals surface area contributed by atoms with Crippen molar-refractivity contribution in [3.8, 4) is 0 Å². The Balaban J connectivity index is 2.17. The van der Waals surface area contributed by atoms with Crippen molar-refractivity contribution >= 4 is 5.91 Å². The first-order chi connectivity index (χ1) is 8.24. The number of likely N-dealkylation sites (tertiary alicyclic amines) is 1. The normalized spacial score (nSPS) is 25.1. The number of nitrogens with two attached hydrogens (primary N) is 1. The summed E-state index contributed by atoms with van der Waals surface area (Å²) in [5.74, 6) is -0.00409. The highest BCUT2D eigenvalue weighted by molar-refractivity contribution is 5.77. The molecule has 4 nitrogen and oxygen atoms in total. The van der Waals surface area contributed by atoms with E-state index in [1.165, 1.54) is 4.90 Å². The molecule has 0 aliphatic carbocycles. The van der Waals surface area contributed by atoms with E-state index in [9.17, 15) is 9.90 Å². The van der Waals surface area contributed by atoms with Crippen molar-refractivity contribution < 1.29 is 9.90 Å². The number of hydrogen-bond donors (Lipinski definition) is 2. The molecule has 2 rings (SSSR count). The molecule has 2 unspecified atom stereocenters. The summed E-state index contributed by atoms with van der Waals surface area (Å²) in [6, 6.07) is 9.83. The first-order valence-corrected chi connectivity index (χ1v) is 5.96. The third-order valence-electron chi connectivity index (χ3n) is 3.27. The lowest BCUT2D eigenvalue weighted by Crippen LogP contribution is -2.49. The van der Waals surface area contributed by atoms with Crippen LogP contribution in [-0.2, 0) is 4.79 Å². The average molecular weight is 234 g/mol. The highest BCUT2D eigenvalue weighted by Gasteiger charge is 2.34. The second kappa shape index (κ2) is 5.29. The molecular weight excluding hydrogens is 216 g/mol. The van der Waals surface area contributed by atoms with Gasteiger partial charge in [-0.3, -0.25) is 4.79 Å². The molecule has 1 saturated heterocycles. The Labute approximate surface area is 101 Å². The van der Waals surface area contributed by atoms with E-state index in [0.717, 1.165) is 5.56 Å². The maximum absolute atomic E-state index is 11.7. The summed E-state index contributed by atoms with van der Waals surface area (Å²) in [4.78, 5) is 13.2. The molecule has 1 aliphatic rings. The first kappa shape index (κ1) is 12.1. The van der Waals surface area contributed by atoms with Crippen molar-refractivity contribution in [3.05, 3.63) is 35.9 Å². The number of carbonyl (C=O) groups is 1. The maximum Gasteiger partial charge on any atom is 0.224 e. The average Bonchev–Trinajstić information content (AvgIpc) is 2.36. The van der Waals surface area contributed by atoms with Crippen LogP contribution in [0.4, 0.5) is 0 Å². The van der Waals surface area contributed by atoms with Crippen LogP contribution < -0.4 is 5.73 Å². The number of aliphatic hydroxyl groups excluding tert-OH is 1. The fourth-order valence-electron chi connectivity index (χ4n) is 2.37. The topological polar surface area (TPSA) is 66.6 Å². The standard InChI is InChI=1S/C13H18N2O2/c14-8-9-15-12(16)7-6-11(13(15)17)10-4-2-1-3-5-10/h1-5,11,13,17H,6-9,14H2. The molecule has 1 aliphatic heterocycles. The molecule has 2 atom stereocenters. The number of carbonyl (C=O) groups excluding carboxylic acids is 1. The molecule has 0 bridgehead atoms. The SMILES string of the molecule is NCCN1C(=O)CCC(c2ccccc2)C1O. The van der Waals surface area contributed by atoms with Crippen molar-refractivity contribution in [2.75, 3.05) is 13.1 Å². The second-order valence-electron chi connectivity index (χ2n) is 4.35. The lowest BCUT2D eigenvalue weighted by atomic mass is 9.88. The van der Waals surface area contributed by atoms with E-state index in [-0.39, 0.29) is 11.8 Å². The quantitative estimate of drug-likeness (QED) is 0.807. The molecule has 0 aromatic heterocycles. The van der Waals surface area contributed by atoms with Gasteiger partial charge in [0, 0.05) is 25.4 Å². The Morgan fingerprint density at radius 1 is 1.35 bits per heavy atom. The summed E-state index contributed by atoms with van der Waals surface area (Å²) in [5.41, 5.74) is 6.54. The van der Waals surface area contributed by atoms with E-state index in [0.29, 0.717) is 25.9 Å². The molecule has 0 radical (unpaired) electrons. The zero-order valence-corrected chi connectivity index (χ0v) is 9.75. The van der Waals surface area contributed by atoms with Crippen molar-refractivity contribution in [1.29, 1.82) is 0 Å². The molecular formula is C13H18N2O2. The van der Waals surface area contributed by atoms with Gasteiger partial charge in [-0.05, 0) is 12.0 Å². The third-order valence-corrected chi connectivity index (χ3v) is 3.27. The highest BCUT2D eigenvalue weighted by atomic mass is 16.3. The number of hydrogen-bond acceptors (Lipinski definition) is 3. The van der Waals surface area contributed by atoms with Gasteiger partial charge >= 0.3 is 0 Å². The molecule has 1 amide bonds. The van der Waals surface area contributed by atoms with Crippen LogP contribution in [-0.4, -0.2) is 35.2 Å². The van der Waals surface area contributed by atoms with Crippen LogP contribution in [0.25, 0.3) is 0 Å². The van der Waals surface area contributed by atoms with Crippen LogP contribution in [0.1, 0.15) is 24.3 Å². The Morgan fingerprint density at radius 3 is 2.71 bits per heavy atom. The number of aliphatic hydroxyl groups is 1. The monoisotopic (exact) mass is 234 g/mol. The highest BCUT2D eigenvalue weighted by Crippen LogP contribution is 2.31. The minimum absolute atomic E-state index is 0.000417. The van der Waals surface area contributed by atoms with Crippen LogP contribution in [0.2, 0.25) is 0 Å². The molecule has 1 aromatic rings. The smallest absolute Gasteiger partial charge is 0.224 e. The minimum Gasteiger partial charge on any atom is -0.373 e. The Hall–Kier alpha value is -1.39. The lowest BCUT2D eigenvalue weighted by molar-refractivity contribution is -0.148. The van der Waals surface area contributed by atoms with Gasteiger partial charge in [0.1, 0.15) is 6.23 Å². The maximum atomic E-state index is 11.7. The molecule has 4 heteroatoms. The molecule has 17 heavy (non-hydrogen) atoms. The summed E-state index contributed by atoms with van der Waals surface area (Å²) in [7, 11) is 0. The Morgan fingerprint density at radius 2 is 2.06 bits per heavy atom. The zero-order chi connectivity index (χ0) is 12.3. The number of nitrogens with zero attached hydrogens (tertiary/aromatic N) is 1. The van der Waals surface area contributed by atoms with Gasteiger partial charge in [-0.15, -0.1) is 0 Å². The number of benzene rings is 1. The van der Waals surface area contributed by atoms with E-state index >= 15 is 0 Å². The van der Waals surface area contributed by atoms with Crippen LogP contribution in [0.3, 0.4) is 0 Å². The van der Waals surface area contributed by atoms with Crippen molar-refractivity contribution in [2.24, 2.45) is 5.73 Å². The van der Waals surface area contributed by atoms with E-state index in [1.54, 1.807) is 0 Å². The number of piperidine rings is 1. The van der Waals surface area contributed by atoms with Crippen LogP contribution in [0.5, 0.6) is 0 Å². The predicted octanol–water partition coefficient (Wildman–Crippen LogP) is 0.670. The van der Waals surface area contributed by atoms with Gasteiger partial charge in [0.05, 0.1) is 0 Å². The van der Waals surface area contributed by atoms with E-state index in [1.807, 2.05) is 30.3 Å². The van der Waals surface area contributed by atoms with Crippen molar-refractivity contribution in [1.82, 2.24) is 4.90 Å². The van der Waals surface area contributed by atoms with Crippen molar-refractivity contribution in [2.45, 2.75) is 25.0 Å². The summed E-state index contributed by atoms with van der Waals surface area (Å²) < 4.78 is 0. The fraction of sp³-hybridized carbons (Fsp3) is 0.462. The van der Waals surface area contributed by atoms with Gasteiger partial charge in [-0.1, -0.05) is 30.3 Å². The summed E-state index contributed by atoms with van der Waals surface area (Å²) in [6.07, 6.45) is 0.434. The zero-order valence-electron chi connectivity index (χ0n) is 9.75. The van der Waals surface area contributed by atoms with Gasteiger partial charge in [0.15, 0.2) is 0 Å². The van der Waals surface area contributed by atoms with Gasteiger partial charge < -0.3 is 15.7 Å². The Kier molecular flexibility index (Phi) is 3.76. The summed E-state index contributed by atoms with van der Waals surface area (Å²) >= 11 is 0.